The summed E-state index contributed by atoms with van der Waals surface area (Å²) in [6.45, 7) is 11.5. The molecule has 0 aliphatic heterocycles. The van der Waals surface area contributed by atoms with Crippen LogP contribution in [0, 0.1) is 17.8 Å². The third-order valence-electron chi connectivity index (χ3n) is 9.54. The average molecular weight is 687 g/mol. The molecule has 0 radical (unpaired) electrons. The van der Waals surface area contributed by atoms with Gasteiger partial charge in [0.1, 0.15) is 13.2 Å². The van der Waals surface area contributed by atoms with Crippen LogP contribution in [-0.2, 0) is 28.6 Å². The van der Waals surface area contributed by atoms with Crippen LogP contribution in [0.4, 0.5) is 0 Å². The molecule has 0 spiro atoms. The summed E-state index contributed by atoms with van der Waals surface area (Å²) >= 11 is 0. The molecule has 9 nitrogen and oxygen atoms in total. The highest BCUT2D eigenvalue weighted by atomic mass is 16.6. The molecule has 0 aromatic heterocycles. The predicted molar refractivity (Wildman–Crippen MR) is 191 cm³/mol. The van der Waals surface area contributed by atoms with Gasteiger partial charge in [-0.25, -0.2) is 0 Å². The second-order valence-electron chi connectivity index (χ2n) is 14.6. The molecule has 0 saturated heterocycles. The standard InChI is InChI=1S/C39H74O9/c1-30(2)36(42)24-18-12-9-14-20-26-38(44)47-29-35(48-39(45)27-21-15-8-11-17-23-32(4)34(6)41)28-46-37(43)25-19-13-7-10-16-22-31(3)33(5)40/h30-36,40-42H,7-29H2,1-6H3/t31?,32?,33-,34-,35?,36?/m0/s1. The molecule has 0 aromatic rings. The van der Waals surface area contributed by atoms with Gasteiger partial charge in [0.05, 0.1) is 18.3 Å². The monoisotopic (exact) mass is 687 g/mol. The Hall–Kier alpha value is -1.71. The van der Waals surface area contributed by atoms with Crippen LogP contribution in [0.1, 0.15) is 176 Å². The largest absolute Gasteiger partial charge is 0.462 e. The summed E-state index contributed by atoms with van der Waals surface area (Å²) in [6, 6.07) is 0. The fraction of sp³-hybridized carbons (Fsp3) is 0.923. The van der Waals surface area contributed by atoms with Crippen molar-refractivity contribution in [1.29, 1.82) is 0 Å². The van der Waals surface area contributed by atoms with Gasteiger partial charge >= 0.3 is 17.9 Å². The van der Waals surface area contributed by atoms with Crippen molar-refractivity contribution < 1.29 is 43.9 Å². The normalized spacial score (nSPS) is 15.4. The lowest BCUT2D eigenvalue weighted by Crippen LogP contribution is -2.30. The Morgan fingerprint density at radius 2 is 0.792 bits per heavy atom. The highest BCUT2D eigenvalue weighted by Gasteiger charge is 2.20. The molecule has 6 atom stereocenters. The van der Waals surface area contributed by atoms with Crippen LogP contribution in [0.3, 0.4) is 0 Å². The Balaban J connectivity index is 4.49. The van der Waals surface area contributed by atoms with Gasteiger partial charge in [0.15, 0.2) is 6.10 Å². The summed E-state index contributed by atoms with van der Waals surface area (Å²) in [5.41, 5.74) is 0. The van der Waals surface area contributed by atoms with Crippen molar-refractivity contribution in [2.24, 2.45) is 17.8 Å². The van der Waals surface area contributed by atoms with Crippen LogP contribution in [0.25, 0.3) is 0 Å². The molecule has 0 aromatic carbocycles. The molecule has 0 aliphatic rings. The molecule has 284 valence electrons. The first kappa shape index (κ1) is 46.3. The maximum Gasteiger partial charge on any atom is 0.306 e. The number of ether oxygens (including phenoxy) is 3. The number of unbranched alkanes of at least 4 members (excludes halogenated alkanes) is 12. The molecule has 0 saturated carbocycles. The van der Waals surface area contributed by atoms with Crippen LogP contribution < -0.4 is 0 Å². The van der Waals surface area contributed by atoms with E-state index in [1.807, 2.05) is 27.7 Å². The van der Waals surface area contributed by atoms with E-state index in [0.29, 0.717) is 24.7 Å². The number of aliphatic hydroxyl groups is 3. The van der Waals surface area contributed by atoms with E-state index >= 15 is 0 Å². The predicted octanol–water partition coefficient (Wildman–Crippen LogP) is 8.23. The van der Waals surface area contributed by atoms with Crippen LogP contribution in [-0.4, -0.2) is 70.9 Å². The third kappa shape index (κ3) is 28.2. The molecule has 0 rings (SSSR count). The molecular weight excluding hydrogens is 612 g/mol. The molecule has 0 bridgehead atoms. The average Bonchev–Trinajstić information content (AvgIpc) is 3.03. The van der Waals surface area contributed by atoms with E-state index in [1.165, 1.54) is 0 Å². The number of aliphatic hydroxyl groups excluding tert-OH is 3. The molecule has 48 heavy (non-hydrogen) atoms. The minimum absolute atomic E-state index is 0.140. The van der Waals surface area contributed by atoms with Crippen molar-refractivity contribution in [3.63, 3.8) is 0 Å². The summed E-state index contributed by atoms with van der Waals surface area (Å²) in [5, 5.41) is 29.1. The fourth-order valence-electron chi connectivity index (χ4n) is 5.38. The van der Waals surface area contributed by atoms with Gasteiger partial charge in [-0.15, -0.1) is 0 Å². The van der Waals surface area contributed by atoms with E-state index in [2.05, 4.69) is 13.8 Å². The number of carbonyl (C=O) groups excluding carboxylic acids is 3. The van der Waals surface area contributed by atoms with Crippen molar-refractivity contribution in [2.45, 2.75) is 201 Å². The van der Waals surface area contributed by atoms with E-state index in [0.717, 1.165) is 103 Å². The van der Waals surface area contributed by atoms with Crippen molar-refractivity contribution in [3.8, 4) is 0 Å². The van der Waals surface area contributed by atoms with Crippen molar-refractivity contribution in [1.82, 2.24) is 0 Å². The second kappa shape index (κ2) is 30.1. The first-order valence-corrected chi connectivity index (χ1v) is 19.4. The zero-order chi connectivity index (χ0) is 36.2. The summed E-state index contributed by atoms with van der Waals surface area (Å²) < 4.78 is 16.4. The van der Waals surface area contributed by atoms with Gasteiger partial charge in [0, 0.05) is 19.3 Å². The first-order valence-electron chi connectivity index (χ1n) is 19.4. The van der Waals surface area contributed by atoms with Gasteiger partial charge in [0.2, 0.25) is 0 Å². The Morgan fingerprint density at radius 1 is 0.458 bits per heavy atom. The lowest BCUT2D eigenvalue weighted by molar-refractivity contribution is -0.167. The minimum atomic E-state index is -0.837. The lowest BCUT2D eigenvalue weighted by atomic mass is 9.98. The summed E-state index contributed by atoms with van der Waals surface area (Å²) in [7, 11) is 0. The quantitative estimate of drug-likeness (QED) is 0.0363. The van der Waals surface area contributed by atoms with Gasteiger partial charge in [-0.05, 0) is 70.1 Å². The van der Waals surface area contributed by atoms with Crippen LogP contribution in [0.15, 0.2) is 0 Å². The summed E-state index contributed by atoms with van der Waals surface area (Å²) in [4.78, 5) is 37.4. The number of hydrogen-bond acceptors (Lipinski definition) is 9. The third-order valence-corrected chi connectivity index (χ3v) is 9.54. The SMILES string of the molecule is CC(C)C(O)CCCCCCCC(=O)OCC(COC(=O)CCCCCCCC(C)[C@H](C)O)OC(=O)CCCCCCCC(C)[C@H](C)O. The Morgan fingerprint density at radius 3 is 1.17 bits per heavy atom. The van der Waals surface area contributed by atoms with E-state index in [9.17, 15) is 29.7 Å². The van der Waals surface area contributed by atoms with E-state index in [4.69, 9.17) is 14.2 Å². The Kier molecular flexibility index (Phi) is 29.1. The van der Waals surface area contributed by atoms with Gasteiger partial charge in [-0.1, -0.05) is 105 Å². The van der Waals surface area contributed by atoms with E-state index in [-0.39, 0.29) is 74.6 Å². The van der Waals surface area contributed by atoms with Crippen LogP contribution in [0.5, 0.6) is 0 Å². The highest BCUT2D eigenvalue weighted by Crippen LogP contribution is 2.17. The number of hydrogen-bond donors (Lipinski definition) is 3. The van der Waals surface area contributed by atoms with Gasteiger partial charge in [-0.2, -0.15) is 0 Å². The molecular formula is C39H74O9. The number of esters is 3. The molecule has 3 N–H and O–H groups in total. The zero-order valence-electron chi connectivity index (χ0n) is 31.6. The summed E-state index contributed by atoms with van der Waals surface area (Å²) in [5.74, 6) is -0.229. The number of carbonyl (C=O) groups is 3. The maximum absolute atomic E-state index is 12.6. The smallest absolute Gasteiger partial charge is 0.306 e. The minimum Gasteiger partial charge on any atom is -0.462 e. The van der Waals surface area contributed by atoms with Crippen molar-refractivity contribution in [2.75, 3.05) is 13.2 Å². The molecule has 0 fully saturated rings. The topological polar surface area (TPSA) is 140 Å². The first-order chi connectivity index (χ1) is 22.8. The number of rotatable bonds is 32. The van der Waals surface area contributed by atoms with Gasteiger partial charge in [0.25, 0.3) is 0 Å². The maximum atomic E-state index is 12.6. The zero-order valence-corrected chi connectivity index (χ0v) is 31.6. The van der Waals surface area contributed by atoms with Crippen LogP contribution in [0.2, 0.25) is 0 Å². The van der Waals surface area contributed by atoms with Crippen molar-refractivity contribution >= 4 is 17.9 Å². The molecule has 0 amide bonds. The van der Waals surface area contributed by atoms with Crippen molar-refractivity contribution in [3.05, 3.63) is 0 Å². The lowest BCUT2D eigenvalue weighted by Gasteiger charge is -2.18. The van der Waals surface area contributed by atoms with Gasteiger partial charge in [-0.3, -0.25) is 14.4 Å². The Labute approximate surface area is 293 Å². The highest BCUT2D eigenvalue weighted by molar-refractivity contribution is 5.71. The van der Waals surface area contributed by atoms with E-state index in [1.54, 1.807) is 0 Å². The summed E-state index contributed by atoms with van der Waals surface area (Å²) in [6.07, 6.45) is 16.1. The fourth-order valence-corrected chi connectivity index (χ4v) is 5.38. The van der Waals surface area contributed by atoms with Crippen LogP contribution >= 0.6 is 0 Å². The van der Waals surface area contributed by atoms with E-state index < -0.39 is 6.10 Å². The molecule has 9 heteroatoms. The molecule has 4 unspecified atom stereocenters. The molecule has 0 aliphatic carbocycles. The second-order valence-corrected chi connectivity index (χ2v) is 14.6. The Bertz CT molecular complexity index is 754. The molecule has 0 heterocycles. The van der Waals surface area contributed by atoms with Gasteiger partial charge < -0.3 is 29.5 Å².